The van der Waals surface area contributed by atoms with Gasteiger partial charge in [-0.3, -0.25) is 4.68 Å². The molecule has 0 saturated carbocycles. The zero-order valence-corrected chi connectivity index (χ0v) is 11.0. The Bertz CT molecular complexity index is 389. The molecule has 4 nitrogen and oxygen atoms in total. The molecule has 0 aliphatic rings. The van der Waals surface area contributed by atoms with Gasteiger partial charge < -0.3 is 10.6 Å². The average Bonchev–Trinajstić information content (AvgIpc) is 2.53. The maximum Gasteiger partial charge on any atom is 0.390 e. The molecule has 1 heterocycles. The predicted molar refractivity (Wildman–Crippen MR) is 63.4 cm³/mol. The van der Waals surface area contributed by atoms with Gasteiger partial charge in [0.2, 0.25) is 0 Å². The van der Waals surface area contributed by atoms with Gasteiger partial charge >= 0.3 is 6.18 Å². The van der Waals surface area contributed by atoms with Gasteiger partial charge in [-0.15, -0.1) is 0 Å². The van der Waals surface area contributed by atoms with Crippen LogP contribution < -0.4 is 5.73 Å². The molecule has 0 radical (unpaired) electrons. The summed E-state index contributed by atoms with van der Waals surface area (Å²) in [6.07, 6.45) is -4.11. The van der Waals surface area contributed by atoms with Gasteiger partial charge in [0.25, 0.3) is 0 Å². The first-order chi connectivity index (χ1) is 8.20. The average molecular weight is 285 g/mol. The molecule has 0 bridgehead atoms. The lowest BCUT2D eigenvalue weighted by molar-refractivity contribution is -0.138. The number of rotatable bonds is 5. The van der Waals surface area contributed by atoms with E-state index >= 15 is 0 Å². The van der Waals surface area contributed by atoms with E-state index in [1.807, 2.05) is 19.0 Å². The number of alkyl halides is 3. The summed E-state index contributed by atoms with van der Waals surface area (Å²) in [5.74, 6) is 0. The number of hydrogen-bond acceptors (Lipinski definition) is 3. The fraction of sp³-hybridized carbons (Fsp3) is 0.700. The van der Waals surface area contributed by atoms with Crippen molar-refractivity contribution < 1.29 is 13.2 Å². The topological polar surface area (TPSA) is 47.1 Å². The highest BCUT2D eigenvalue weighted by Crippen LogP contribution is 2.31. The smallest absolute Gasteiger partial charge is 0.322 e. The van der Waals surface area contributed by atoms with E-state index < -0.39 is 18.6 Å². The van der Waals surface area contributed by atoms with Crippen LogP contribution in [0.1, 0.15) is 18.2 Å². The molecule has 1 unspecified atom stereocenters. The molecule has 0 aliphatic heterocycles. The first kappa shape index (κ1) is 15.3. The lowest BCUT2D eigenvalue weighted by Crippen LogP contribution is -2.26. The maximum absolute atomic E-state index is 12.3. The fourth-order valence-electron chi connectivity index (χ4n) is 1.56. The Labute approximate surface area is 108 Å². The third-order valence-electron chi connectivity index (χ3n) is 2.39. The Hall–Kier alpha value is -0.790. The first-order valence-electron chi connectivity index (χ1n) is 5.39. The second kappa shape index (κ2) is 5.90. The van der Waals surface area contributed by atoms with Gasteiger partial charge in [0.05, 0.1) is 35.9 Å². The molecule has 104 valence electrons. The molecule has 0 aromatic carbocycles. The molecule has 1 rings (SSSR count). The Balaban J connectivity index is 2.83. The van der Waals surface area contributed by atoms with Crippen molar-refractivity contribution >= 4 is 11.6 Å². The van der Waals surface area contributed by atoms with Crippen molar-refractivity contribution in [2.75, 3.05) is 20.6 Å². The molecule has 1 atom stereocenters. The van der Waals surface area contributed by atoms with E-state index in [0.29, 0.717) is 13.1 Å². The standard InChI is InChI=1S/C10H16ClF3N4/c1-17(2)3-4-18-9(7(11)6-16-18)8(15)5-10(12,13)14/h6,8H,3-5,15H2,1-2H3. The number of hydrogen-bond donors (Lipinski definition) is 1. The predicted octanol–water partition coefficient (Wildman–Crippen LogP) is 2.05. The summed E-state index contributed by atoms with van der Waals surface area (Å²) in [4.78, 5) is 1.90. The van der Waals surface area contributed by atoms with Crippen molar-refractivity contribution in [1.29, 1.82) is 0 Å². The van der Waals surface area contributed by atoms with Crippen LogP contribution in [0.4, 0.5) is 13.2 Å². The zero-order valence-electron chi connectivity index (χ0n) is 10.2. The van der Waals surface area contributed by atoms with Gasteiger partial charge in [0, 0.05) is 6.54 Å². The molecule has 8 heteroatoms. The summed E-state index contributed by atoms with van der Waals surface area (Å²) in [6, 6.07) is -1.19. The van der Waals surface area contributed by atoms with Crippen molar-refractivity contribution in [3.8, 4) is 0 Å². The van der Waals surface area contributed by atoms with Crippen LogP contribution in [0.3, 0.4) is 0 Å². The van der Waals surface area contributed by atoms with Crippen LogP contribution in [0.25, 0.3) is 0 Å². The largest absolute Gasteiger partial charge is 0.390 e. The van der Waals surface area contributed by atoms with Crippen LogP contribution in [0.2, 0.25) is 5.02 Å². The van der Waals surface area contributed by atoms with Crippen molar-refractivity contribution in [2.45, 2.75) is 25.2 Å². The van der Waals surface area contributed by atoms with Crippen LogP contribution >= 0.6 is 11.6 Å². The summed E-state index contributed by atoms with van der Waals surface area (Å²) in [7, 11) is 3.72. The zero-order chi connectivity index (χ0) is 13.9. The Morgan fingerprint density at radius 3 is 2.61 bits per heavy atom. The van der Waals surface area contributed by atoms with Crippen molar-refractivity contribution in [3.05, 3.63) is 16.9 Å². The molecular weight excluding hydrogens is 269 g/mol. The van der Waals surface area contributed by atoms with Crippen molar-refractivity contribution in [3.63, 3.8) is 0 Å². The minimum atomic E-state index is -4.32. The molecule has 2 N–H and O–H groups in total. The van der Waals surface area contributed by atoms with Gasteiger partial charge in [-0.05, 0) is 14.1 Å². The van der Waals surface area contributed by atoms with Gasteiger partial charge in [0.15, 0.2) is 0 Å². The number of likely N-dealkylation sites (N-methyl/N-ethyl adjacent to an activating group) is 1. The SMILES string of the molecule is CN(C)CCn1ncc(Cl)c1C(N)CC(F)(F)F. The molecule has 0 aliphatic carbocycles. The number of nitrogens with zero attached hydrogens (tertiary/aromatic N) is 3. The van der Waals surface area contributed by atoms with E-state index in [4.69, 9.17) is 17.3 Å². The molecular formula is C10H16ClF3N4. The number of nitrogens with two attached hydrogens (primary N) is 1. The highest BCUT2D eigenvalue weighted by Gasteiger charge is 2.33. The van der Waals surface area contributed by atoms with Crippen LogP contribution in [-0.4, -0.2) is 41.5 Å². The van der Waals surface area contributed by atoms with Crippen LogP contribution in [0.15, 0.2) is 6.20 Å². The minimum absolute atomic E-state index is 0.172. The monoisotopic (exact) mass is 284 g/mol. The summed E-state index contributed by atoms with van der Waals surface area (Å²) in [6.45, 7) is 1.09. The van der Waals surface area contributed by atoms with Crippen LogP contribution in [0, 0.1) is 0 Å². The molecule has 0 amide bonds. The van der Waals surface area contributed by atoms with E-state index in [-0.39, 0.29) is 10.7 Å². The van der Waals surface area contributed by atoms with Gasteiger partial charge in [-0.2, -0.15) is 18.3 Å². The van der Waals surface area contributed by atoms with Gasteiger partial charge in [-0.25, -0.2) is 0 Å². The first-order valence-corrected chi connectivity index (χ1v) is 5.77. The summed E-state index contributed by atoms with van der Waals surface area (Å²) < 4.78 is 38.4. The summed E-state index contributed by atoms with van der Waals surface area (Å²) in [5, 5.41) is 4.12. The molecule has 0 spiro atoms. The quantitative estimate of drug-likeness (QED) is 0.900. The van der Waals surface area contributed by atoms with Gasteiger partial charge in [0.1, 0.15) is 0 Å². The van der Waals surface area contributed by atoms with E-state index in [0.717, 1.165) is 0 Å². The molecule has 0 fully saturated rings. The summed E-state index contributed by atoms with van der Waals surface area (Å²) in [5.41, 5.74) is 5.79. The van der Waals surface area contributed by atoms with Crippen molar-refractivity contribution in [2.24, 2.45) is 5.73 Å². The highest BCUT2D eigenvalue weighted by atomic mass is 35.5. The summed E-state index contributed by atoms with van der Waals surface area (Å²) >= 11 is 5.84. The van der Waals surface area contributed by atoms with Crippen LogP contribution in [-0.2, 0) is 6.54 Å². The molecule has 1 aromatic rings. The second-order valence-electron chi connectivity index (χ2n) is 4.33. The van der Waals surface area contributed by atoms with Crippen LogP contribution in [0.5, 0.6) is 0 Å². The Morgan fingerprint density at radius 2 is 2.11 bits per heavy atom. The van der Waals surface area contributed by atoms with E-state index in [2.05, 4.69) is 5.10 Å². The highest BCUT2D eigenvalue weighted by molar-refractivity contribution is 6.31. The Morgan fingerprint density at radius 1 is 1.50 bits per heavy atom. The second-order valence-corrected chi connectivity index (χ2v) is 4.74. The molecule has 18 heavy (non-hydrogen) atoms. The minimum Gasteiger partial charge on any atom is -0.322 e. The van der Waals surface area contributed by atoms with E-state index in [1.165, 1.54) is 10.9 Å². The van der Waals surface area contributed by atoms with Crippen molar-refractivity contribution in [1.82, 2.24) is 14.7 Å². The third kappa shape index (κ3) is 4.47. The van der Waals surface area contributed by atoms with E-state index in [1.54, 1.807) is 0 Å². The fourth-order valence-corrected chi connectivity index (χ4v) is 1.84. The maximum atomic E-state index is 12.3. The lowest BCUT2D eigenvalue weighted by Gasteiger charge is -2.17. The third-order valence-corrected chi connectivity index (χ3v) is 2.69. The van der Waals surface area contributed by atoms with Gasteiger partial charge in [-0.1, -0.05) is 11.6 Å². The van der Waals surface area contributed by atoms with E-state index in [9.17, 15) is 13.2 Å². The number of aromatic nitrogens is 2. The molecule has 1 aromatic heterocycles. The lowest BCUT2D eigenvalue weighted by atomic mass is 10.1. The normalized spacial score (nSPS) is 14.2. The Kier molecular flexibility index (Phi) is 5.01. The molecule has 0 saturated heterocycles. The number of halogens is 4.